The van der Waals surface area contributed by atoms with Gasteiger partial charge in [-0.05, 0) is 32.4 Å². The summed E-state index contributed by atoms with van der Waals surface area (Å²) in [5.74, 6) is -2.96. The molecule has 10 heteroatoms. The number of carboxylic acid groups (broad SMARTS) is 1. The number of dihydropyridines is 1. The van der Waals surface area contributed by atoms with Crippen LogP contribution in [0.4, 0.5) is 5.69 Å². The number of nitrogens with one attached hydrogen (secondary N) is 1. The van der Waals surface area contributed by atoms with E-state index < -0.39 is 22.8 Å². The summed E-state index contributed by atoms with van der Waals surface area (Å²) in [5.41, 5.74) is 0.679. The predicted molar refractivity (Wildman–Crippen MR) is 111 cm³/mol. The Morgan fingerprint density at radius 2 is 1.87 bits per heavy atom. The lowest BCUT2D eigenvalue weighted by Gasteiger charge is -2.29. The van der Waals surface area contributed by atoms with E-state index in [1.54, 1.807) is 13.8 Å². The van der Waals surface area contributed by atoms with Gasteiger partial charge in [-0.15, -0.1) is 0 Å². The van der Waals surface area contributed by atoms with Gasteiger partial charge in [-0.25, -0.2) is 9.59 Å². The summed E-state index contributed by atoms with van der Waals surface area (Å²) in [6.07, 6.45) is 0.556. The van der Waals surface area contributed by atoms with Crippen molar-refractivity contribution < 1.29 is 33.8 Å². The number of hydrogen-bond acceptors (Lipinski definition) is 8. The number of aliphatic carboxylic acids is 1. The number of benzene rings is 1. The van der Waals surface area contributed by atoms with Gasteiger partial charge < -0.3 is 24.6 Å². The number of nitrogens with zero attached hydrogens (tertiary/aromatic N) is 1. The molecule has 1 unspecified atom stereocenters. The maximum atomic E-state index is 12.4. The van der Waals surface area contributed by atoms with Crippen LogP contribution in [0.2, 0.25) is 0 Å². The summed E-state index contributed by atoms with van der Waals surface area (Å²) in [6, 6.07) is 4.17. The molecule has 1 aliphatic rings. The molecule has 10 nitrogen and oxygen atoms in total. The minimum absolute atomic E-state index is 0.0529. The number of carboxylic acids is 1. The normalized spacial score (nSPS) is 16.1. The number of nitro benzene ring substituents is 1. The number of hydrogen-bond donors (Lipinski definition) is 2. The van der Waals surface area contributed by atoms with Gasteiger partial charge in [-0.2, -0.15) is 0 Å². The molecule has 1 heterocycles. The molecule has 0 amide bonds. The summed E-state index contributed by atoms with van der Waals surface area (Å²) in [6.45, 7) is 6.31. The average Bonchev–Trinajstić information content (AvgIpc) is 2.72. The van der Waals surface area contributed by atoms with Gasteiger partial charge in [0.15, 0.2) is 5.75 Å². The second kappa shape index (κ2) is 10.6. The van der Waals surface area contributed by atoms with Crippen molar-refractivity contribution in [2.24, 2.45) is 0 Å². The van der Waals surface area contributed by atoms with E-state index in [-0.39, 0.29) is 34.8 Å². The number of allylic oxidation sites excluding steroid dienone is 2. The van der Waals surface area contributed by atoms with E-state index in [0.717, 1.165) is 0 Å². The standard InChI is InChI=1S/C21H26N2O8/c1-5-30-9-6-10-31-16-8-7-14(11-15(16)23(27)28)19-17(20(24)25)12(2)22-13(3)18(19)21(26)29-4/h7-8,11,19,22H,5-6,9-10H2,1-4H3,(H,24,25). The molecule has 31 heavy (non-hydrogen) atoms. The number of ether oxygens (including phenoxy) is 3. The molecule has 2 N–H and O–H groups in total. The highest BCUT2D eigenvalue weighted by Crippen LogP contribution is 2.41. The molecule has 0 saturated carbocycles. The molecule has 1 atom stereocenters. The lowest BCUT2D eigenvalue weighted by molar-refractivity contribution is -0.385. The largest absolute Gasteiger partial charge is 0.487 e. The zero-order chi connectivity index (χ0) is 23.1. The molecule has 0 bridgehead atoms. The molecule has 0 aromatic heterocycles. The maximum Gasteiger partial charge on any atom is 0.336 e. The van der Waals surface area contributed by atoms with Crippen molar-refractivity contribution in [1.82, 2.24) is 5.32 Å². The molecule has 0 spiro atoms. The zero-order valence-electron chi connectivity index (χ0n) is 17.9. The van der Waals surface area contributed by atoms with Crippen LogP contribution in [0.5, 0.6) is 5.75 Å². The van der Waals surface area contributed by atoms with E-state index in [4.69, 9.17) is 14.2 Å². The predicted octanol–water partition coefficient (Wildman–Crippen LogP) is 2.89. The van der Waals surface area contributed by atoms with Crippen LogP contribution in [0.3, 0.4) is 0 Å². The number of carbonyl (C=O) groups excluding carboxylic acids is 1. The number of carbonyl (C=O) groups is 2. The molecule has 0 radical (unpaired) electrons. The van der Waals surface area contributed by atoms with Crippen molar-refractivity contribution in [3.8, 4) is 5.75 Å². The lowest BCUT2D eigenvalue weighted by atomic mass is 9.80. The van der Waals surface area contributed by atoms with E-state index in [1.165, 1.54) is 25.3 Å². The maximum absolute atomic E-state index is 12.4. The van der Waals surface area contributed by atoms with Crippen LogP contribution >= 0.6 is 0 Å². The Hall–Kier alpha value is -3.40. The molecular weight excluding hydrogens is 408 g/mol. The third-order valence-electron chi connectivity index (χ3n) is 4.80. The lowest BCUT2D eigenvalue weighted by Crippen LogP contribution is -2.31. The quantitative estimate of drug-likeness (QED) is 0.246. The third kappa shape index (κ3) is 5.40. The van der Waals surface area contributed by atoms with Crippen molar-refractivity contribution in [1.29, 1.82) is 0 Å². The van der Waals surface area contributed by atoms with Gasteiger partial charge >= 0.3 is 17.6 Å². The van der Waals surface area contributed by atoms with E-state index >= 15 is 0 Å². The van der Waals surface area contributed by atoms with Gasteiger partial charge in [0.1, 0.15) is 0 Å². The van der Waals surface area contributed by atoms with Crippen LogP contribution in [-0.2, 0) is 19.1 Å². The SMILES string of the molecule is CCOCCCOc1ccc(C2C(C(=O)O)=C(C)NC(C)=C2C(=O)OC)cc1[N+](=O)[O-]. The van der Waals surface area contributed by atoms with Gasteiger partial charge in [0.2, 0.25) is 0 Å². The highest BCUT2D eigenvalue weighted by atomic mass is 16.6. The van der Waals surface area contributed by atoms with E-state index in [9.17, 15) is 24.8 Å². The molecule has 0 saturated heterocycles. The van der Waals surface area contributed by atoms with Crippen LogP contribution in [0.15, 0.2) is 40.7 Å². The van der Waals surface area contributed by atoms with Gasteiger partial charge in [-0.3, -0.25) is 10.1 Å². The van der Waals surface area contributed by atoms with E-state index in [1.807, 2.05) is 6.92 Å². The molecule has 1 aliphatic heterocycles. The van der Waals surface area contributed by atoms with Crippen molar-refractivity contribution in [2.75, 3.05) is 26.9 Å². The Labute approximate surface area is 179 Å². The number of nitro groups is 1. The minimum atomic E-state index is -1.25. The highest BCUT2D eigenvalue weighted by Gasteiger charge is 2.38. The first-order valence-corrected chi connectivity index (χ1v) is 9.71. The van der Waals surface area contributed by atoms with Gasteiger partial charge in [-0.1, -0.05) is 6.07 Å². The van der Waals surface area contributed by atoms with Crippen LogP contribution in [0, 0.1) is 10.1 Å². The molecule has 2 rings (SSSR count). The molecule has 0 fully saturated rings. The summed E-state index contributed by atoms with van der Waals surface area (Å²) >= 11 is 0. The van der Waals surface area contributed by atoms with Gasteiger partial charge in [0, 0.05) is 37.1 Å². The highest BCUT2D eigenvalue weighted by molar-refractivity contribution is 5.99. The Balaban J connectivity index is 2.50. The third-order valence-corrected chi connectivity index (χ3v) is 4.80. The van der Waals surface area contributed by atoms with Crippen molar-refractivity contribution in [3.63, 3.8) is 0 Å². The van der Waals surface area contributed by atoms with E-state index in [2.05, 4.69) is 5.32 Å². The topological polar surface area (TPSA) is 137 Å². The fourth-order valence-electron chi connectivity index (χ4n) is 3.46. The van der Waals surface area contributed by atoms with Crippen LogP contribution in [0.25, 0.3) is 0 Å². The molecule has 0 aliphatic carbocycles. The fraction of sp³-hybridized carbons (Fsp3) is 0.429. The number of methoxy groups -OCH3 is 1. The first-order valence-electron chi connectivity index (χ1n) is 9.71. The Morgan fingerprint density at radius 3 is 2.45 bits per heavy atom. The molecular formula is C21H26N2O8. The summed E-state index contributed by atoms with van der Waals surface area (Å²) in [4.78, 5) is 35.5. The first-order chi connectivity index (χ1) is 14.7. The Bertz CT molecular complexity index is 935. The van der Waals surface area contributed by atoms with Gasteiger partial charge in [0.25, 0.3) is 0 Å². The Morgan fingerprint density at radius 1 is 1.19 bits per heavy atom. The van der Waals surface area contributed by atoms with Crippen molar-refractivity contribution in [2.45, 2.75) is 33.1 Å². The van der Waals surface area contributed by atoms with Crippen LogP contribution in [-0.4, -0.2) is 48.9 Å². The minimum Gasteiger partial charge on any atom is -0.487 e. The smallest absolute Gasteiger partial charge is 0.336 e. The fourth-order valence-corrected chi connectivity index (χ4v) is 3.46. The van der Waals surface area contributed by atoms with Crippen LogP contribution in [0.1, 0.15) is 38.7 Å². The summed E-state index contributed by atoms with van der Waals surface area (Å²) in [5, 5.41) is 24.3. The number of rotatable bonds is 10. The first kappa shape index (κ1) is 23.9. The molecule has 168 valence electrons. The Kier molecular flexibility index (Phi) is 8.14. The van der Waals surface area contributed by atoms with Gasteiger partial charge in [0.05, 0.1) is 35.7 Å². The summed E-state index contributed by atoms with van der Waals surface area (Å²) in [7, 11) is 1.19. The van der Waals surface area contributed by atoms with Crippen molar-refractivity contribution >= 4 is 17.6 Å². The monoisotopic (exact) mass is 434 g/mol. The van der Waals surface area contributed by atoms with E-state index in [0.29, 0.717) is 31.0 Å². The average molecular weight is 434 g/mol. The second-order valence-corrected chi connectivity index (χ2v) is 6.82. The summed E-state index contributed by atoms with van der Waals surface area (Å²) < 4.78 is 15.6. The molecule has 1 aromatic rings. The number of esters is 1. The van der Waals surface area contributed by atoms with Crippen LogP contribution < -0.4 is 10.1 Å². The zero-order valence-corrected chi connectivity index (χ0v) is 17.9. The van der Waals surface area contributed by atoms with Crippen molar-refractivity contribution in [3.05, 3.63) is 56.4 Å². The second-order valence-electron chi connectivity index (χ2n) is 6.82. The molecule has 1 aromatic carbocycles.